The van der Waals surface area contributed by atoms with Crippen LogP contribution in [-0.2, 0) is 7.05 Å². The predicted octanol–water partition coefficient (Wildman–Crippen LogP) is 0.155. The molecule has 2 aliphatic heterocycles. The van der Waals surface area contributed by atoms with E-state index in [1.54, 1.807) is 0 Å². The van der Waals surface area contributed by atoms with Gasteiger partial charge in [0, 0.05) is 12.1 Å². The lowest BCUT2D eigenvalue weighted by Crippen LogP contribution is -3.00. The SMILES string of the molecule is C[n+]1c2c(Cl)cc3c(cc-2c2ccccc21)OCO3.[Cl-]. The molecule has 0 amide bonds. The number of benzene rings is 1. The lowest BCUT2D eigenvalue weighted by atomic mass is 10.1. The van der Waals surface area contributed by atoms with Crippen LogP contribution in [0.5, 0.6) is 11.5 Å². The van der Waals surface area contributed by atoms with E-state index in [0.717, 1.165) is 27.9 Å². The van der Waals surface area contributed by atoms with Crippen LogP contribution in [0.25, 0.3) is 22.2 Å². The number of aromatic nitrogens is 1. The van der Waals surface area contributed by atoms with Crippen molar-refractivity contribution in [2.24, 2.45) is 7.05 Å². The molecule has 1 aromatic rings. The maximum absolute atomic E-state index is 6.45. The first-order valence-corrected chi connectivity index (χ1v) is 6.43. The van der Waals surface area contributed by atoms with Crippen molar-refractivity contribution in [1.82, 2.24) is 0 Å². The molecular weight excluding hydrogens is 297 g/mol. The molecule has 0 fully saturated rings. The fourth-order valence-electron chi connectivity index (χ4n) is 2.70. The van der Waals surface area contributed by atoms with Crippen LogP contribution in [0.15, 0.2) is 36.4 Å². The summed E-state index contributed by atoms with van der Waals surface area (Å²) in [7, 11) is 2.02. The molecule has 4 rings (SSSR count). The molecule has 0 saturated heterocycles. The molecule has 0 saturated carbocycles. The zero-order valence-electron chi connectivity index (χ0n) is 10.7. The first kappa shape index (κ1) is 13.3. The van der Waals surface area contributed by atoms with Gasteiger partial charge in [0.05, 0.1) is 10.9 Å². The molecule has 0 unspecified atom stereocenters. The molecule has 0 bridgehead atoms. The Kier molecular flexibility index (Phi) is 3.11. The topological polar surface area (TPSA) is 22.3 Å². The first-order valence-electron chi connectivity index (χ1n) is 6.05. The molecule has 0 atom stereocenters. The van der Waals surface area contributed by atoms with E-state index in [9.17, 15) is 0 Å². The van der Waals surface area contributed by atoms with Gasteiger partial charge in [0.15, 0.2) is 11.5 Å². The van der Waals surface area contributed by atoms with Crippen LogP contribution in [0.4, 0.5) is 0 Å². The quantitative estimate of drug-likeness (QED) is 0.552. The molecule has 102 valence electrons. The van der Waals surface area contributed by atoms with Crippen molar-refractivity contribution in [3.8, 4) is 22.8 Å². The molecule has 20 heavy (non-hydrogen) atoms. The van der Waals surface area contributed by atoms with E-state index >= 15 is 0 Å². The summed E-state index contributed by atoms with van der Waals surface area (Å²) in [5, 5.41) is 1.83. The number of rotatable bonds is 0. The molecule has 0 N–H and O–H groups in total. The van der Waals surface area contributed by atoms with E-state index < -0.39 is 0 Å². The standard InChI is InChI=1S/C15H11ClNO2.ClH/c1-17-12-5-3-2-4-9(12)10-6-13-14(19-8-18-13)7-11(16)15(10)17;/h2-7H,8H2,1H3;1H/q+1;/p-1. The maximum atomic E-state index is 6.45. The Bertz CT molecular complexity index is 789. The van der Waals surface area contributed by atoms with Gasteiger partial charge in [0.1, 0.15) is 12.1 Å². The van der Waals surface area contributed by atoms with Crippen molar-refractivity contribution >= 4 is 22.5 Å². The Morgan fingerprint density at radius 1 is 1.10 bits per heavy atom. The molecule has 2 heterocycles. The normalized spacial score (nSPS) is 12.7. The summed E-state index contributed by atoms with van der Waals surface area (Å²) >= 11 is 6.45. The number of para-hydroxylation sites is 1. The number of aryl methyl sites for hydroxylation is 1. The predicted molar refractivity (Wildman–Crippen MR) is 72.9 cm³/mol. The lowest BCUT2D eigenvalue weighted by molar-refractivity contribution is -0.631. The Morgan fingerprint density at radius 2 is 1.80 bits per heavy atom. The number of halogens is 2. The Morgan fingerprint density at radius 3 is 2.60 bits per heavy atom. The first-order chi connectivity index (χ1) is 9.25. The fourth-order valence-corrected chi connectivity index (χ4v) is 3.02. The van der Waals surface area contributed by atoms with Gasteiger partial charge in [-0.25, -0.2) is 0 Å². The van der Waals surface area contributed by atoms with Crippen LogP contribution >= 0.6 is 11.6 Å². The van der Waals surface area contributed by atoms with Gasteiger partial charge in [0.25, 0.3) is 0 Å². The molecule has 1 aromatic carbocycles. The van der Waals surface area contributed by atoms with E-state index in [-0.39, 0.29) is 19.2 Å². The monoisotopic (exact) mass is 307 g/mol. The maximum Gasteiger partial charge on any atom is 0.232 e. The molecule has 0 radical (unpaired) electrons. The van der Waals surface area contributed by atoms with Gasteiger partial charge in [0.2, 0.25) is 18.0 Å². The second kappa shape index (κ2) is 4.69. The smallest absolute Gasteiger partial charge is 0.232 e. The number of nitrogens with zero attached hydrogens (tertiary/aromatic N) is 1. The van der Waals surface area contributed by atoms with Gasteiger partial charge in [-0.2, -0.15) is 4.57 Å². The summed E-state index contributed by atoms with van der Waals surface area (Å²) in [4.78, 5) is 0. The minimum Gasteiger partial charge on any atom is -1.00 e. The second-order valence-corrected chi connectivity index (χ2v) is 5.02. The highest BCUT2D eigenvalue weighted by Gasteiger charge is 2.28. The molecule has 0 spiro atoms. The summed E-state index contributed by atoms with van der Waals surface area (Å²) in [6.45, 7) is 0.252. The average Bonchev–Trinajstić information content (AvgIpc) is 2.91. The van der Waals surface area contributed by atoms with E-state index in [1.807, 2.05) is 31.3 Å². The van der Waals surface area contributed by atoms with E-state index in [1.165, 1.54) is 0 Å². The number of hydrogen-bond donors (Lipinski definition) is 0. The summed E-state index contributed by atoms with van der Waals surface area (Å²) in [5.41, 5.74) is 3.22. The second-order valence-electron chi connectivity index (χ2n) is 4.61. The largest absolute Gasteiger partial charge is 1.00 e. The summed E-state index contributed by atoms with van der Waals surface area (Å²) < 4.78 is 13.0. The molecule has 3 aliphatic rings. The van der Waals surface area contributed by atoms with E-state index in [0.29, 0.717) is 10.8 Å². The highest BCUT2D eigenvalue weighted by molar-refractivity contribution is 6.33. The van der Waals surface area contributed by atoms with Crippen LogP contribution in [0.1, 0.15) is 0 Å². The van der Waals surface area contributed by atoms with Gasteiger partial charge in [-0.3, -0.25) is 0 Å². The third-order valence-corrected chi connectivity index (χ3v) is 3.87. The number of fused-ring (bicyclic) bond motifs is 4. The third-order valence-electron chi connectivity index (χ3n) is 3.58. The molecule has 3 nitrogen and oxygen atoms in total. The Labute approximate surface area is 127 Å². The third kappa shape index (κ3) is 1.70. The van der Waals surface area contributed by atoms with Crippen molar-refractivity contribution in [3.63, 3.8) is 0 Å². The highest BCUT2D eigenvalue weighted by atomic mass is 35.5. The fraction of sp³-hybridized carbons (Fsp3) is 0.133. The number of hydrogen-bond acceptors (Lipinski definition) is 2. The molecular formula is C15H11Cl2NO2. The molecule has 0 aromatic heterocycles. The Hall–Kier alpha value is -1.71. The van der Waals surface area contributed by atoms with Gasteiger partial charge in [-0.15, -0.1) is 0 Å². The van der Waals surface area contributed by atoms with E-state index in [2.05, 4.69) is 16.7 Å². The molecule has 5 heteroatoms. The zero-order chi connectivity index (χ0) is 13.0. The summed E-state index contributed by atoms with van der Waals surface area (Å²) in [6.07, 6.45) is 0. The Balaban J connectivity index is 0.00000121. The molecule has 1 aliphatic carbocycles. The van der Waals surface area contributed by atoms with Crippen LogP contribution in [0, 0.1) is 0 Å². The van der Waals surface area contributed by atoms with Crippen molar-refractivity contribution < 1.29 is 26.4 Å². The van der Waals surface area contributed by atoms with Gasteiger partial charge >= 0.3 is 0 Å². The number of ether oxygens (including phenoxy) is 2. The highest BCUT2D eigenvalue weighted by Crippen LogP contribution is 2.41. The minimum absolute atomic E-state index is 0. The zero-order valence-corrected chi connectivity index (χ0v) is 12.2. The van der Waals surface area contributed by atoms with Crippen LogP contribution < -0.4 is 26.4 Å². The van der Waals surface area contributed by atoms with Crippen molar-refractivity contribution in [3.05, 3.63) is 41.4 Å². The van der Waals surface area contributed by atoms with Crippen LogP contribution in [-0.4, -0.2) is 6.79 Å². The van der Waals surface area contributed by atoms with Crippen molar-refractivity contribution in [2.45, 2.75) is 0 Å². The van der Waals surface area contributed by atoms with Crippen LogP contribution in [0.2, 0.25) is 5.02 Å². The van der Waals surface area contributed by atoms with Crippen LogP contribution in [0.3, 0.4) is 0 Å². The van der Waals surface area contributed by atoms with E-state index in [4.69, 9.17) is 21.1 Å². The summed E-state index contributed by atoms with van der Waals surface area (Å²) in [5.74, 6) is 1.44. The van der Waals surface area contributed by atoms with Gasteiger partial charge in [-0.05, 0) is 12.1 Å². The van der Waals surface area contributed by atoms with Crippen molar-refractivity contribution in [2.75, 3.05) is 6.79 Å². The van der Waals surface area contributed by atoms with Crippen molar-refractivity contribution in [1.29, 1.82) is 0 Å². The lowest BCUT2D eigenvalue weighted by Gasteiger charge is -1.93. The van der Waals surface area contributed by atoms with Gasteiger partial charge < -0.3 is 21.9 Å². The minimum atomic E-state index is 0. The van der Waals surface area contributed by atoms with Gasteiger partial charge in [-0.1, -0.05) is 23.7 Å². The average molecular weight is 308 g/mol. The summed E-state index contributed by atoms with van der Waals surface area (Å²) in [6, 6.07) is 12.1.